The molecule has 1 aromatic rings. The number of rotatable bonds is 6. The van der Waals surface area contributed by atoms with Crippen molar-refractivity contribution in [2.45, 2.75) is 84.9 Å². The number of nitrogens with zero attached hydrogens (tertiary/aromatic N) is 3. The number of hydrogen-bond acceptors (Lipinski definition) is 8. The zero-order valence-electron chi connectivity index (χ0n) is 20.7. The summed E-state index contributed by atoms with van der Waals surface area (Å²) in [5.41, 5.74) is -1.90. The third-order valence-electron chi connectivity index (χ3n) is 4.06. The fourth-order valence-electron chi connectivity index (χ4n) is 2.83. The Bertz CT molecular complexity index is 843. The van der Waals surface area contributed by atoms with Crippen molar-refractivity contribution in [3.8, 4) is 6.07 Å². The van der Waals surface area contributed by atoms with Crippen LogP contribution in [-0.4, -0.2) is 57.1 Å². The minimum absolute atomic E-state index is 0.0506. The molecule has 1 saturated heterocycles. The number of H-pyrrole nitrogens is 1. The van der Waals surface area contributed by atoms with Gasteiger partial charge in [-0.1, -0.05) is 6.92 Å². The van der Waals surface area contributed by atoms with E-state index < -0.39 is 44.0 Å². The Morgan fingerprint density at radius 3 is 2.55 bits per heavy atom. The molecule has 12 heteroatoms. The van der Waals surface area contributed by atoms with Crippen LogP contribution in [-0.2, 0) is 9.26 Å². The maximum atomic E-state index is 13.5. The lowest BCUT2D eigenvalue weighted by molar-refractivity contribution is -0.00839. The quantitative estimate of drug-likeness (QED) is 0.541. The molecule has 1 aliphatic rings. The molecule has 3 unspecified atom stereocenters. The van der Waals surface area contributed by atoms with Crippen LogP contribution in [0.3, 0.4) is 0 Å². The van der Waals surface area contributed by atoms with Gasteiger partial charge in [-0.2, -0.15) is 9.65 Å². The smallest absolute Gasteiger partial charge is 0.330 e. The zero-order valence-corrected chi connectivity index (χ0v) is 19.6. The number of aliphatic hydroxyl groups is 1. The summed E-state index contributed by atoms with van der Waals surface area (Å²) in [5, 5.41) is 11.1. The summed E-state index contributed by atoms with van der Waals surface area (Å²) in [4.78, 5) is 35.4. The highest BCUT2D eigenvalue weighted by molar-refractivity contribution is 7.43. The van der Waals surface area contributed by atoms with E-state index in [1.54, 1.807) is 0 Å². The average molecular weight is 467 g/mol. The van der Waals surface area contributed by atoms with E-state index >= 15 is 0 Å². The van der Waals surface area contributed by atoms with Crippen molar-refractivity contribution in [3.63, 3.8) is 0 Å². The summed E-state index contributed by atoms with van der Waals surface area (Å²) < 4.78 is 41.0. The number of aromatic amines is 1. The lowest BCUT2D eigenvalue weighted by atomic mass is 10.2. The SMILES string of the molecule is CCC#N.[2H]CC1OC(n2cc(F)c(=O)[nH]c2=O)C[C@H]1OP(O)N(C(C)C)C(C)C.[3H]OC. The molecule has 1 fully saturated rings. The van der Waals surface area contributed by atoms with Gasteiger partial charge >= 0.3 is 5.69 Å². The van der Waals surface area contributed by atoms with Crippen LogP contribution in [0.1, 0.15) is 62.0 Å². The van der Waals surface area contributed by atoms with E-state index in [0.717, 1.165) is 10.8 Å². The van der Waals surface area contributed by atoms with Crippen molar-refractivity contribution in [1.82, 2.24) is 14.2 Å². The second kappa shape index (κ2) is 14.4. The van der Waals surface area contributed by atoms with Crippen LogP contribution in [0.2, 0.25) is 0 Å². The highest BCUT2D eigenvalue weighted by atomic mass is 31.2. The van der Waals surface area contributed by atoms with Crippen LogP contribution in [0, 0.1) is 17.1 Å². The van der Waals surface area contributed by atoms with Gasteiger partial charge in [0.25, 0.3) is 14.1 Å². The van der Waals surface area contributed by atoms with Gasteiger partial charge in [-0.3, -0.25) is 14.3 Å². The first-order valence-corrected chi connectivity index (χ1v) is 10.9. The van der Waals surface area contributed by atoms with Gasteiger partial charge in [0.2, 0.25) is 7.25 Å². The highest BCUT2D eigenvalue weighted by Crippen LogP contribution is 2.45. The number of halogens is 1. The van der Waals surface area contributed by atoms with Crippen molar-refractivity contribution in [1.29, 1.82) is 6.69 Å². The lowest BCUT2D eigenvalue weighted by Gasteiger charge is -2.34. The summed E-state index contributed by atoms with van der Waals surface area (Å²) in [7, 11) is -0.631. The monoisotopic (exact) mass is 467 g/mol. The second-order valence-electron chi connectivity index (χ2n) is 6.98. The summed E-state index contributed by atoms with van der Waals surface area (Å²) in [6.07, 6.45) is -0.635. The van der Waals surface area contributed by atoms with Gasteiger partial charge in [-0.25, -0.2) is 9.46 Å². The molecule has 3 N–H and O–H groups in total. The Balaban J connectivity index is 0.00000129. The van der Waals surface area contributed by atoms with Gasteiger partial charge in [0.05, 0.1) is 24.5 Å². The van der Waals surface area contributed by atoms with Gasteiger partial charge in [0.15, 0.2) is 0 Å². The van der Waals surface area contributed by atoms with Crippen LogP contribution in [0.25, 0.3) is 0 Å². The molecule has 178 valence electrons. The molecular formula is C19H34FN4O6P. The topological polar surface area (TPSA) is 141 Å². The number of nitriles is 1. The standard InChI is InChI=1S/C15H25FN3O5P.C3H5N.CH4O/c1-8(2)19(9(3)4)25(22)24-12-6-13(23-10(12)5)18-7-11(16)14(20)17-15(18)21;1-2-3-4;1-2/h7-10,12-13,22H,6H2,1-5H3,(H,17,20,21);2H2,1H3;2H,1H3/t10?,12-,13?,25?;;/m1../s1/i5D;;2T. The molecule has 0 bridgehead atoms. The maximum Gasteiger partial charge on any atom is 0.330 e. The van der Waals surface area contributed by atoms with Gasteiger partial charge in [0, 0.05) is 33.4 Å². The van der Waals surface area contributed by atoms with E-state index in [1.165, 1.54) is 7.11 Å². The van der Waals surface area contributed by atoms with E-state index in [4.69, 9.17) is 17.3 Å². The summed E-state index contributed by atoms with van der Waals surface area (Å²) >= 11 is 0. The molecule has 1 aromatic heterocycles. The van der Waals surface area contributed by atoms with Crippen LogP contribution >= 0.6 is 8.53 Å². The summed E-state index contributed by atoms with van der Waals surface area (Å²) in [6, 6.07) is 2.03. The molecule has 10 nitrogen and oxygen atoms in total. The van der Waals surface area contributed by atoms with Gasteiger partial charge in [0.1, 0.15) is 6.23 Å². The van der Waals surface area contributed by atoms with Crippen molar-refractivity contribution in [2.24, 2.45) is 0 Å². The molecule has 1 aliphatic heterocycles. The van der Waals surface area contributed by atoms with Gasteiger partial charge in [-0.05, 0) is 34.6 Å². The third kappa shape index (κ3) is 8.77. The summed E-state index contributed by atoms with van der Waals surface area (Å²) in [6.45, 7) is 9.43. The molecule has 0 radical (unpaired) electrons. The zero-order chi connectivity index (χ0) is 25.7. The van der Waals surface area contributed by atoms with Gasteiger partial charge < -0.3 is 19.3 Å². The molecule has 0 amide bonds. The molecule has 4 atom stereocenters. The Labute approximate surface area is 186 Å². The van der Waals surface area contributed by atoms with Gasteiger partial charge in [-0.15, -0.1) is 0 Å². The van der Waals surface area contributed by atoms with Crippen LogP contribution in [0.5, 0.6) is 0 Å². The lowest BCUT2D eigenvalue weighted by Crippen LogP contribution is -2.34. The average Bonchev–Trinajstić information content (AvgIpc) is 3.13. The fourth-order valence-corrected chi connectivity index (χ4v) is 4.19. The van der Waals surface area contributed by atoms with Crippen molar-refractivity contribution < 1.29 is 25.0 Å². The third-order valence-corrected chi connectivity index (χ3v) is 5.84. The second-order valence-corrected chi connectivity index (χ2v) is 8.16. The van der Waals surface area contributed by atoms with E-state index in [-0.39, 0.29) is 25.4 Å². The van der Waals surface area contributed by atoms with Crippen molar-refractivity contribution in [3.05, 3.63) is 32.9 Å². The Morgan fingerprint density at radius 1 is 1.55 bits per heavy atom. The van der Waals surface area contributed by atoms with Crippen LogP contribution in [0.15, 0.2) is 15.8 Å². The molecule has 31 heavy (non-hydrogen) atoms. The predicted molar refractivity (Wildman–Crippen MR) is 116 cm³/mol. The van der Waals surface area contributed by atoms with E-state index in [9.17, 15) is 18.9 Å². The molecule has 0 spiro atoms. The Morgan fingerprint density at radius 2 is 2.10 bits per heavy atom. The highest BCUT2D eigenvalue weighted by Gasteiger charge is 2.38. The largest absolute Gasteiger partial charge is 0.400 e. The summed E-state index contributed by atoms with van der Waals surface area (Å²) in [5.74, 6) is -1.10. The maximum absolute atomic E-state index is 13.5. The molecule has 2 heterocycles. The van der Waals surface area contributed by atoms with E-state index in [0.29, 0.717) is 6.42 Å². The minimum Gasteiger partial charge on any atom is -0.400 e. The normalized spacial score (nSPS) is 22.1. The number of aliphatic hydroxyl groups excluding tert-OH is 1. The Hall–Kier alpha value is -1.67. The number of hydrogen-bond donors (Lipinski definition) is 3. The molecular weight excluding hydrogens is 430 g/mol. The minimum atomic E-state index is -1.92. The number of nitrogens with one attached hydrogen (secondary N) is 1. The first-order valence-electron chi connectivity index (χ1n) is 10.9. The van der Waals surface area contributed by atoms with Crippen molar-refractivity contribution >= 4 is 8.53 Å². The molecule has 0 aromatic carbocycles. The number of aromatic nitrogens is 2. The number of ether oxygens (including phenoxy) is 1. The first kappa shape index (κ1) is 25.6. The molecule has 2 rings (SSSR count). The van der Waals surface area contributed by atoms with Crippen LogP contribution < -0.4 is 11.2 Å². The fraction of sp³-hybridized carbons (Fsp3) is 0.737. The molecule has 0 saturated carbocycles. The van der Waals surface area contributed by atoms with Crippen molar-refractivity contribution in [2.75, 3.05) is 7.11 Å². The van der Waals surface area contributed by atoms with E-state index in [2.05, 4.69) is 5.11 Å². The predicted octanol–water partition coefficient (Wildman–Crippen LogP) is 2.23. The Kier molecular flexibility index (Phi) is 11.9. The molecule has 0 aliphatic carbocycles. The first-order chi connectivity index (χ1) is 15.5. The van der Waals surface area contributed by atoms with E-state index in [1.807, 2.05) is 50.3 Å². The van der Waals surface area contributed by atoms with Crippen LogP contribution in [0.4, 0.5) is 4.39 Å².